The number of nitrogens with zero attached hydrogens (tertiary/aromatic N) is 4. The number of thiazole rings is 1. The number of hydrogen-bond acceptors (Lipinski definition) is 8. The van der Waals surface area contributed by atoms with Gasteiger partial charge in [0.25, 0.3) is 0 Å². The van der Waals surface area contributed by atoms with Gasteiger partial charge in [0.2, 0.25) is 11.8 Å². The third-order valence-corrected chi connectivity index (χ3v) is 3.37. The van der Waals surface area contributed by atoms with Gasteiger partial charge >= 0.3 is 5.69 Å². The van der Waals surface area contributed by atoms with E-state index in [-0.39, 0.29) is 11.5 Å². The zero-order valence-electron chi connectivity index (χ0n) is 11.8. The SMILES string of the molecule is CCNc1nc(C)c([N+](=O)[O-])c(NCCc2cscn2)n1. The Labute approximate surface area is 125 Å². The van der Waals surface area contributed by atoms with Crippen molar-refractivity contribution in [1.82, 2.24) is 15.0 Å². The lowest BCUT2D eigenvalue weighted by Gasteiger charge is -2.09. The molecule has 0 aromatic carbocycles. The number of nitro groups is 1. The predicted molar refractivity (Wildman–Crippen MR) is 81.9 cm³/mol. The van der Waals surface area contributed by atoms with Crippen LogP contribution in [0.3, 0.4) is 0 Å². The van der Waals surface area contributed by atoms with Gasteiger partial charge in [0.1, 0.15) is 5.69 Å². The van der Waals surface area contributed by atoms with Crippen LogP contribution in [0.4, 0.5) is 17.5 Å². The lowest BCUT2D eigenvalue weighted by atomic mass is 10.3. The van der Waals surface area contributed by atoms with Crippen LogP contribution in [0.1, 0.15) is 18.3 Å². The molecule has 21 heavy (non-hydrogen) atoms. The zero-order valence-corrected chi connectivity index (χ0v) is 12.6. The molecule has 0 aliphatic heterocycles. The van der Waals surface area contributed by atoms with E-state index in [0.717, 1.165) is 5.69 Å². The summed E-state index contributed by atoms with van der Waals surface area (Å²) in [5.41, 5.74) is 2.96. The fraction of sp³-hybridized carbons (Fsp3) is 0.417. The number of anilines is 2. The van der Waals surface area contributed by atoms with Crippen molar-refractivity contribution in [1.29, 1.82) is 0 Å². The summed E-state index contributed by atoms with van der Waals surface area (Å²) >= 11 is 1.52. The van der Waals surface area contributed by atoms with Crippen LogP contribution in [0.25, 0.3) is 0 Å². The van der Waals surface area contributed by atoms with Crippen LogP contribution in [-0.2, 0) is 6.42 Å². The Hall–Kier alpha value is -2.29. The number of rotatable bonds is 7. The minimum atomic E-state index is -0.462. The van der Waals surface area contributed by atoms with E-state index in [0.29, 0.717) is 31.2 Å². The molecule has 0 radical (unpaired) electrons. The monoisotopic (exact) mass is 308 g/mol. The van der Waals surface area contributed by atoms with Gasteiger partial charge in [0.05, 0.1) is 16.1 Å². The molecule has 0 amide bonds. The highest BCUT2D eigenvalue weighted by Crippen LogP contribution is 2.26. The maximum absolute atomic E-state index is 11.2. The van der Waals surface area contributed by atoms with E-state index in [1.165, 1.54) is 11.3 Å². The van der Waals surface area contributed by atoms with Gasteiger partial charge in [-0.1, -0.05) is 0 Å². The summed E-state index contributed by atoms with van der Waals surface area (Å²) < 4.78 is 0. The largest absolute Gasteiger partial charge is 0.364 e. The Morgan fingerprint density at radius 1 is 1.38 bits per heavy atom. The molecule has 0 spiro atoms. The predicted octanol–water partition coefficient (Wildman–Crippen LogP) is 2.24. The van der Waals surface area contributed by atoms with Crippen molar-refractivity contribution >= 4 is 28.8 Å². The topological polar surface area (TPSA) is 106 Å². The van der Waals surface area contributed by atoms with Crippen LogP contribution in [-0.4, -0.2) is 33.0 Å². The molecule has 0 aliphatic carbocycles. The number of hydrogen-bond donors (Lipinski definition) is 2. The molecule has 2 aromatic heterocycles. The smallest absolute Gasteiger partial charge is 0.332 e. The minimum absolute atomic E-state index is 0.0880. The summed E-state index contributed by atoms with van der Waals surface area (Å²) in [6.07, 6.45) is 0.681. The zero-order chi connectivity index (χ0) is 15.2. The summed E-state index contributed by atoms with van der Waals surface area (Å²) in [6.45, 7) is 4.68. The van der Waals surface area contributed by atoms with Crippen LogP contribution in [0.5, 0.6) is 0 Å². The molecule has 0 fully saturated rings. The molecular formula is C12H16N6O2S. The third-order valence-electron chi connectivity index (χ3n) is 2.73. The molecule has 0 aliphatic rings. The average molecular weight is 308 g/mol. The van der Waals surface area contributed by atoms with E-state index in [1.807, 2.05) is 12.3 Å². The molecule has 2 rings (SSSR count). The first-order valence-corrected chi connectivity index (χ1v) is 7.44. The van der Waals surface area contributed by atoms with Crippen LogP contribution >= 0.6 is 11.3 Å². The first-order chi connectivity index (χ1) is 10.1. The van der Waals surface area contributed by atoms with Gasteiger partial charge in [-0.05, 0) is 13.8 Å². The van der Waals surface area contributed by atoms with Gasteiger partial charge in [-0.15, -0.1) is 11.3 Å². The van der Waals surface area contributed by atoms with Gasteiger partial charge in [0, 0.05) is 24.9 Å². The van der Waals surface area contributed by atoms with E-state index in [1.54, 1.807) is 12.4 Å². The molecule has 0 unspecified atom stereocenters. The Morgan fingerprint density at radius 3 is 2.81 bits per heavy atom. The van der Waals surface area contributed by atoms with E-state index >= 15 is 0 Å². The maximum Gasteiger partial charge on any atom is 0.332 e. The van der Waals surface area contributed by atoms with E-state index in [4.69, 9.17) is 0 Å². The number of aromatic nitrogens is 3. The molecule has 8 nitrogen and oxygen atoms in total. The van der Waals surface area contributed by atoms with Crippen LogP contribution in [0, 0.1) is 17.0 Å². The summed E-state index contributed by atoms with van der Waals surface area (Å²) in [6, 6.07) is 0. The molecular weight excluding hydrogens is 292 g/mol. The van der Waals surface area contributed by atoms with E-state index < -0.39 is 4.92 Å². The van der Waals surface area contributed by atoms with Crippen LogP contribution in [0.2, 0.25) is 0 Å². The second-order valence-corrected chi connectivity index (χ2v) is 4.99. The molecule has 112 valence electrons. The Morgan fingerprint density at radius 2 is 2.19 bits per heavy atom. The Kier molecular flexibility index (Phi) is 4.99. The lowest BCUT2D eigenvalue weighted by Crippen LogP contribution is -2.13. The molecule has 0 bridgehead atoms. The third kappa shape index (κ3) is 3.85. The van der Waals surface area contributed by atoms with Gasteiger partial charge < -0.3 is 10.6 Å². The number of nitrogens with one attached hydrogen (secondary N) is 2. The molecule has 2 heterocycles. The first kappa shape index (κ1) is 15.1. The fourth-order valence-corrected chi connectivity index (χ4v) is 2.41. The average Bonchev–Trinajstić information content (AvgIpc) is 2.91. The Balaban J connectivity index is 2.16. The summed E-state index contributed by atoms with van der Waals surface area (Å²) in [4.78, 5) is 23.1. The van der Waals surface area contributed by atoms with Gasteiger partial charge in [-0.3, -0.25) is 10.1 Å². The molecule has 0 saturated heterocycles. The highest BCUT2D eigenvalue weighted by Gasteiger charge is 2.21. The highest BCUT2D eigenvalue weighted by molar-refractivity contribution is 7.07. The molecule has 2 N–H and O–H groups in total. The quantitative estimate of drug-likeness (QED) is 0.596. The second kappa shape index (κ2) is 6.93. The van der Waals surface area contributed by atoms with E-state index in [9.17, 15) is 10.1 Å². The molecule has 0 saturated carbocycles. The van der Waals surface area contributed by atoms with Crippen molar-refractivity contribution < 1.29 is 4.92 Å². The molecule has 0 atom stereocenters. The van der Waals surface area contributed by atoms with Crippen molar-refractivity contribution in [2.24, 2.45) is 0 Å². The Bertz CT molecular complexity index is 616. The summed E-state index contributed by atoms with van der Waals surface area (Å²) in [5, 5.41) is 19.1. The van der Waals surface area contributed by atoms with Gasteiger partial charge in [0.15, 0.2) is 0 Å². The van der Waals surface area contributed by atoms with E-state index in [2.05, 4.69) is 25.6 Å². The maximum atomic E-state index is 11.2. The van der Waals surface area contributed by atoms with Gasteiger partial charge in [-0.25, -0.2) is 9.97 Å². The standard InChI is InChI=1S/C12H16N6O2S/c1-3-13-12-16-8(2)10(18(19)20)11(17-12)14-5-4-9-6-21-7-15-9/h6-7H,3-5H2,1-2H3,(H2,13,14,16,17). The first-order valence-electron chi connectivity index (χ1n) is 6.49. The second-order valence-electron chi connectivity index (χ2n) is 4.27. The number of aryl methyl sites for hydroxylation is 1. The fourth-order valence-electron chi connectivity index (χ4n) is 1.82. The van der Waals surface area contributed by atoms with Gasteiger partial charge in [-0.2, -0.15) is 4.98 Å². The normalized spacial score (nSPS) is 10.4. The highest BCUT2D eigenvalue weighted by atomic mass is 32.1. The minimum Gasteiger partial charge on any atom is -0.364 e. The van der Waals surface area contributed by atoms with Crippen molar-refractivity contribution in [3.63, 3.8) is 0 Å². The van der Waals surface area contributed by atoms with Crippen LogP contribution < -0.4 is 10.6 Å². The lowest BCUT2D eigenvalue weighted by molar-refractivity contribution is -0.385. The van der Waals surface area contributed by atoms with Crippen molar-refractivity contribution in [2.75, 3.05) is 23.7 Å². The summed E-state index contributed by atoms with van der Waals surface area (Å²) in [7, 11) is 0. The molecule has 9 heteroatoms. The van der Waals surface area contributed by atoms with Crippen molar-refractivity contribution in [3.8, 4) is 0 Å². The van der Waals surface area contributed by atoms with Crippen molar-refractivity contribution in [2.45, 2.75) is 20.3 Å². The molecule has 2 aromatic rings. The van der Waals surface area contributed by atoms with Crippen LogP contribution in [0.15, 0.2) is 10.9 Å². The summed E-state index contributed by atoms with van der Waals surface area (Å²) in [5.74, 6) is 0.621. The van der Waals surface area contributed by atoms with Crippen molar-refractivity contribution in [3.05, 3.63) is 32.4 Å².